The summed E-state index contributed by atoms with van der Waals surface area (Å²) in [6, 6.07) is 0. The van der Waals surface area contributed by atoms with Gasteiger partial charge in [0, 0.05) is 6.42 Å². The van der Waals surface area contributed by atoms with Crippen molar-refractivity contribution < 1.29 is 9.53 Å². The normalized spacial score (nSPS) is 34.7. The van der Waals surface area contributed by atoms with E-state index in [1.54, 1.807) is 0 Å². The van der Waals surface area contributed by atoms with Crippen LogP contribution in [0.4, 0.5) is 0 Å². The van der Waals surface area contributed by atoms with Crippen LogP contribution in [-0.2, 0) is 9.53 Å². The van der Waals surface area contributed by atoms with E-state index in [2.05, 4.69) is 5.32 Å². The van der Waals surface area contributed by atoms with E-state index in [0.29, 0.717) is 18.9 Å². The summed E-state index contributed by atoms with van der Waals surface area (Å²) in [6.45, 7) is 4.58. The minimum Gasteiger partial charge on any atom is -0.466 e. The van der Waals surface area contributed by atoms with E-state index in [4.69, 9.17) is 4.74 Å². The second-order valence-corrected chi connectivity index (χ2v) is 3.66. The van der Waals surface area contributed by atoms with Crippen molar-refractivity contribution in [1.82, 2.24) is 5.32 Å². The monoisotopic (exact) mass is 205 g/mol. The smallest absolute Gasteiger partial charge is 0.306 e. The number of hydrogen-bond donors (Lipinski definition) is 1. The molecule has 1 aliphatic heterocycles. The molecule has 0 amide bonds. The van der Waals surface area contributed by atoms with Gasteiger partial charge in [0.15, 0.2) is 0 Å². The molecule has 2 aliphatic rings. The Morgan fingerprint density at radius 3 is 2.62 bits per heavy atom. The maximum Gasteiger partial charge on any atom is 0.306 e. The van der Waals surface area contributed by atoms with Crippen molar-refractivity contribution in [3.05, 3.63) is 0 Å². The summed E-state index contributed by atoms with van der Waals surface area (Å²) in [4.78, 5) is 11.1. The maximum atomic E-state index is 11.1. The van der Waals surface area contributed by atoms with Crippen molar-refractivity contribution in [2.45, 2.75) is 13.3 Å². The zero-order chi connectivity index (χ0) is 8.55. The van der Waals surface area contributed by atoms with Crippen molar-refractivity contribution >= 4 is 18.4 Å². The summed E-state index contributed by atoms with van der Waals surface area (Å²) in [6.07, 6.45) is 0.644. The molecule has 2 unspecified atom stereocenters. The van der Waals surface area contributed by atoms with Gasteiger partial charge in [0.05, 0.1) is 6.61 Å². The van der Waals surface area contributed by atoms with Gasteiger partial charge in [-0.05, 0) is 37.8 Å². The Kier molecular flexibility index (Phi) is 3.56. The predicted molar refractivity (Wildman–Crippen MR) is 51.8 cm³/mol. The summed E-state index contributed by atoms with van der Waals surface area (Å²) >= 11 is 0. The van der Waals surface area contributed by atoms with Crippen LogP contribution in [0, 0.1) is 17.8 Å². The first-order valence-electron chi connectivity index (χ1n) is 4.69. The minimum atomic E-state index is -0.0168. The molecule has 2 atom stereocenters. The van der Waals surface area contributed by atoms with Crippen LogP contribution in [0.3, 0.4) is 0 Å². The van der Waals surface area contributed by atoms with Crippen LogP contribution < -0.4 is 5.32 Å². The standard InChI is InChI=1S/C9H15NO2.ClH/c1-2-12-9(11)3-6-7-4-10-5-8(6)7;/h6-8,10H,2-5H2,1H3;1H. The molecule has 0 spiro atoms. The van der Waals surface area contributed by atoms with Crippen molar-refractivity contribution in [1.29, 1.82) is 0 Å². The van der Waals surface area contributed by atoms with Crippen LogP contribution >= 0.6 is 12.4 Å². The second kappa shape index (κ2) is 4.29. The molecule has 0 radical (unpaired) electrons. The lowest BCUT2D eigenvalue weighted by Crippen LogP contribution is -2.16. The van der Waals surface area contributed by atoms with Crippen LogP contribution in [0.25, 0.3) is 0 Å². The Hall–Kier alpha value is -0.280. The summed E-state index contributed by atoms with van der Waals surface area (Å²) in [7, 11) is 0. The third-order valence-corrected chi connectivity index (χ3v) is 2.98. The lowest BCUT2D eigenvalue weighted by molar-refractivity contribution is -0.143. The molecule has 1 heterocycles. The lowest BCUT2D eigenvalue weighted by atomic mass is 10.2. The van der Waals surface area contributed by atoms with E-state index in [1.807, 2.05) is 6.92 Å². The number of rotatable bonds is 3. The van der Waals surface area contributed by atoms with Gasteiger partial charge in [-0.3, -0.25) is 4.79 Å². The third kappa shape index (κ3) is 2.15. The topological polar surface area (TPSA) is 38.3 Å². The molecule has 4 heteroatoms. The van der Waals surface area contributed by atoms with Crippen LogP contribution in [0.5, 0.6) is 0 Å². The molecular formula is C9H16ClNO2. The van der Waals surface area contributed by atoms with Gasteiger partial charge in [0.2, 0.25) is 0 Å². The molecule has 1 saturated heterocycles. The highest BCUT2D eigenvalue weighted by Crippen LogP contribution is 2.50. The van der Waals surface area contributed by atoms with Crippen LogP contribution in [0.1, 0.15) is 13.3 Å². The third-order valence-electron chi connectivity index (χ3n) is 2.98. The largest absolute Gasteiger partial charge is 0.466 e. The molecule has 1 N–H and O–H groups in total. The number of carbonyl (C=O) groups is 1. The number of ether oxygens (including phenoxy) is 1. The van der Waals surface area contributed by atoms with Gasteiger partial charge >= 0.3 is 5.97 Å². The zero-order valence-corrected chi connectivity index (χ0v) is 8.60. The molecule has 2 rings (SSSR count). The molecule has 0 aromatic rings. The summed E-state index contributed by atoms with van der Waals surface area (Å²) in [5.41, 5.74) is 0. The fourth-order valence-corrected chi connectivity index (χ4v) is 2.26. The van der Waals surface area contributed by atoms with Gasteiger partial charge in [-0.2, -0.15) is 0 Å². The van der Waals surface area contributed by atoms with Gasteiger partial charge in [0.1, 0.15) is 0 Å². The van der Waals surface area contributed by atoms with Gasteiger partial charge in [-0.1, -0.05) is 0 Å². The number of nitrogens with one attached hydrogen (secondary N) is 1. The Labute approximate surface area is 84.6 Å². The minimum absolute atomic E-state index is 0. The zero-order valence-electron chi connectivity index (χ0n) is 7.79. The predicted octanol–water partition coefficient (Wildman–Crippen LogP) is 0.827. The van der Waals surface area contributed by atoms with Gasteiger partial charge in [-0.15, -0.1) is 12.4 Å². The highest BCUT2D eigenvalue weighted by atomic mass is 35.5. The first kappa shape index (κ1) is 10.8. The number of piperidine rings is 1. The highest BCUT2D eigenvalue weighted by Gasteiger charge is 2.53. The SMILES string of the molecule is CCOC(=O)CC1C2CNCC21.Cl. The first-order chi connectivity index (χ1) is 5.83. The van der Waals surface area contributed by atoms with Crippen LogP contribution in [0.15, 0.2) is 0 Å². The van der Waals surface area contributed by atoms with E-state index in [0.717, 1.165) is 24.9 Å². The van der Waals surface area contributed by atoms with E-state index < -0.39 is 0 Å². The van der Waals surface area contributed by atoms with Gasteiger partial charge < -0.3 is 10.1 Å². The molecule has 1 saturated carbocycles. The van der Waals surface area contributed by atoms with E-state index in [1.165, 1.54) is 0 Å². The molecule has 0 aromatic heterocycles. The second-order valence-electron chi connectivity index (χ2n) is 3.66. The number of carbonyl (C=O) groups excluding carboxylic acids is 1. The number of esters is 1. The Morgan fingerprint density at radius 1 is 1.46 bits per heavy atom. The first-order valence-corrected chi connectivity index (χ1v) is 4.69. The summed E-state index contributed by atoms with van der Waals surface area (Å²) in [5, 5.41) is 3.30. The fourth-order valence-electron chi connectivity index (χ4n) is 2.26. The van der Waals surface area contributed by atoms with E-state index in [9.17, 15) is 4.79 Å². The van der Waals surface area contributed by atoms with Crippen LogP contribution in [-0.4, -0.2) is 25.7 Å². The number of fused-ring (bicyclic) bond motifs is 1. The molecule has 13 heavy (non-hydrogen) atoms. The summed E-state index contributed by atoms with van der Waals surface area (Å²) < 4.78 is 4.90. The average molecular weight is 206 g/mol. The number of halogens is 1. The van der Waals surface area contributed by atoms with Crippen LogP contribution in [0.2, 0.25) is 0 Å². The molecule has 0 aromatic carbocycles. The van der Waals surface area contributed by atoms with E-state index >= 15 is 0 Å². The quantitative estimate of drug-likeness (QED) is 0.694. The molecular weight excluding hydrogens is 190 g/mol. The Bertz CT molecular complexity index is 188. The Balaban J connectivity index is 0.000000845. The van der Waals surface area contributed by atoms with Gasteiger partial charge in [0.25, 0.3) is 0 Å². The molecule has 0 bridgehead atoms. The van der Waals surface area contributed by atoms with Gasteiger partial charge in [-0.25, -0.2) is 0 Å². The van der Waals surface area contributed by atoms with Crippen molar-refractivity contribution in [2.24, 2.45) is 17.8 Å². The van der Waals surface area contributed by atoms with Crippen molar-refractivity contribution in [3.63, 3.8) is 0 Å². The molecule has 76 valence electrons. The molecule has 1 aliphatic carbocycles. The summed E-state index contributed by atoms with van der Waals surface area (Å²) in [5.74, 6) is 2.16. The van der Waals surface area contributed by atoms with E-state index in [-0.39, 0.29) is 18.4 Å². The molecule has 2 fully saturated rings. The van der Waals surface area contributed by atoms with Crippen molar-refractivity contribution in [3.8, 4) is 0 Å². The number of hydrogen-bond acceptors (Lipinski definition) is 3. The average Bonchev–Trinajstić information content (AvgIpc) is 2.51. The highest BCUT2D eigenvalue weighted by molar-refractivity contribution is 5.85. The van der Waals surface area contributed by atoms with Crippen molar-refractivity contribution in [2.75, 3.05) is 19.7 Å². The maximum absolute atomic E-state index is 11.1. The Morgan fingerprint density at radius 2 is 2.08 bits per heavy atom. The fraction of sp³-hybridized carbons (Fsp3) is 0.889. The molecule has 3 nitrogen and oxygen atoms in total. The lowest BCUT2D eigenvalue weighted by Gasteiger charge is -2.03.